The fourth-order valence-corrected chi connectivity index (χ4v) is 6.86. The lowest BCUT2D eigenvalue weighted by atomic mass is 9.58. The lowest BCUT2D eigenvalue weighted by Crippen LogP contribution is -2.46. The van der Waals surface area contributed by atoms with Crippen molar-refractivity contribution in [3.63, 3.8) is 0 Å². The van der Waals surface area contributed by atoms with E-state index in [1.807, 2.05) is 6.08 Å². The van der Waals surface area contributed by atoms with Crippen LogP contribution in [0.1, 0.15) is 77.2 Å². The number of aromatic hydroxyl groups is 1. The molecule has 0 bridgehead atoms. The lowest BCUT2D eigenvalue weighted by molar-refractivity contribution is -0.141. The molecule has 1 aromatic carbocycles. The molecule has 1 aliphatic carbocycles. The Labute approximate surface area is 241 Å². The molecule has 40 heavy (non-hydrogen) atoms. The average Bonchev–Trinajstić information content (AvgIpc) is 3.15. The van der Waals surface area contributed by atoms with E-state index in [1.54, 1.807) is 12.1 Å². The van der Waals surface area contributed by atoms with Crippen LogP contribution in [0.15, 0.2) is 34.9 Å². The van der Waals surface area contributed by atoms with Gasteiger partial charge < -0.3 is 19.9 Å². The largest absolute Gasteiger partial charge is 0.508 e. The molecule has 2 aliphatic heterocycles. The number of carbonyl (C=O) groups excluding carboxylic acids is 2. The summed E-state index contributed by atoms with van der Waals surface area (Å²) in [4.78, 5) is 39.1. The zero-order chi connectivity index (χ0) is 29.0. The smallest absolute Gasteiger partial charge is 0.455 e. The predicted molar refractivity (Wildman–Crippen MR) is 153 cm³/mol. The van der Waals surface area contributed by atoms with Gasteiger partial charge in [0.1, 0.15) is 5.75 Å². The number of unbranched alkanes of at least 4 members (excludes halogenated alkanes) is 2. The van der Waals surface area contributed by atoms with Crippen molar-refractivity contribution in [3.8, 4) is 5.75 Å². The predicted octanol–water partition coefficient (Wildman–Crippen LogP) is 5.47. The third-order valence-electron chi connectivity index (χ3n) is 8.62. The van der Waals surface area contributed by atoms with Gasteiger partial charge in [-0.15, -0.1) is 0 Å². The molecule has 4 atom stereocenters. The Morgan fingerprint density at radius 2 is 1.93 bits per heavy atom. The van der Waals surface area contributed by atoms with Crippen LogP contribution in [0, 0.1) is 17.8 Å². The van der Waals surface area contributed by atoms with Crippen molar-refractivity contribution in [2.24, 2.45) is 17.8 Å². The van der Waals surface area contributed by atoms with Crippen molar-refractivity contribution in [3.05, 3.63) is 45.5 Å². The molecule has 8 nitrogen and oxygen atoms in total. The number of imide groups is 1. The Kier molecular flexibility index (Phi) is 10.1. The van der Waals surface area contributed by atoms with Gasteiger partial charge in [-0.1, -0.05) is 49.1 Å². The summed E-state index contributed by atoms with van der Waals surface area (Å²) in [6, 6.07) is 4.90. The van der Waals surface area contributed by atoms with Crippen molar-refractivity contribution in [1.82, 2.24) is 4.90 Å². The van der Waals surface area contributed by atoms with Crippen LogP contribution in [-0.4, -0.2) is 57.7 Å². The monoisotopic (exact) mass is 571 g/mol. The Balaban J connectivity index is 1.50. The van der Waals surface area contributed by atoms with Crippen molar-refractivity contribution in [2.45, 2.75) is 84.1 Å². The quantitative estimate of drug-likeness (QED) is 0.131. The van der Waals surface area contributed by atoms with Crippen molar-refractivity contribution >= 4 is 42.6 Å². The molecule has 2 saturated heterocycles. The lowest BCUT2D eigenvalue weighted by Gasteiger charge is -2.43. The van der Waals surface area contributed by atoms with Crippen molar-refractivity contribution < 1.29 is 34.3 Å². The Morgan fingerprint density at radius 3 is 2.60 bits per heavy atom. The Hall–Kier alpha value is -2.62. The highest BCUT2D eigenvalue weighted by molar-refractivity contribution is 6.43. The second-order valence-corrected chi connectivity index (χ2v) is 11.5. The standard InChI is InChI=1S/C30H39BClNO7/c1-3-18(14-20-10-11-21(34)16-24(20)32)9-12-25-27-19(4-2)15-22-28(23(27)17-31(39)40-25)30(38)33(29(22)37)13-7-5-6-8-26(35)36/h10-11,14,16,22-23,25,28,34,39H,3-9,12-13,15,17H2,1-2H3,(H,35,36)/b18-14+/t22-,23+,25-,28-/m1/s1. The highest BCUT2D eigenvalue weighted by Gasteiger charge is 2.56. The van der Waals surface area contributed by atoms with Crippen LogP contribution in [0.5, 0.6) is 5.75 Å². The van der Waals surface area contributed by atoms with Gasteiger partial charge in [0.25, 0.3) is 0 Å². The third-order valence-corrected chi connectivity index (χ3v) is 8.95. The molecule has 0 spiro atoms. The number of carboxylic acids is 1. The molecule has 10 heteroatoms. The first-order chi connectivity index (χ1) is 19.1. The van der Waals surface area contributed by atoms with Gasteiger partial charge in [0, 0.05) is 13.0 Å². The maximum Gasteiger partial charge on any atom is 0.455 e. The van der Waals surface area contributed by atoms with Gasteiger partial charge in [-0.2, -0.15) is 0 Å². The maximum atomic E-state index is 13.6. The van der Waals surface area contributed by atoms with Crippen molar-refractivity contribution in [2.75, 3.05) is 6.54 Å². The van der Waals surface area contributed by atoms with Gasteiger partial charge >= 0.3 is 13.1 Å². The Bertz CT molecular complexity index is 1200. The third kappa shape index (κ3) is 6.64. The average molecular weight is 572 g/mol. The number of hydrogen-bond acceptors (Lipinski definition) is 6. The van der Waals surface area contributed by atoms with Crippen LogP contribution in [-0.2, 0) is 19.0 Å². The molecule has 3 aliphatic rings. The molecule has 0 saturated carbocycles. The molecule has 2 heterocycles. The minimum atomic E-state index is -1.01. The number of nitrogens with zero attached hydrogens (tertiary/aromatic N) is 1. The summed E-state index contributed by atoms with van der Waals surface area (Å²) in [5.41, 5.74) is 4.21. The number of hydrogen-bond donors (Lipinski definition) is 3. The summed E-state index contributed by atoms with van der Waals surface area (Å²) in [7, 11) is -1.01. The van der Waals surface area contributed by atoms with Gasteiger partial charge in [-0.05, 0) is 86.5 Å². The van der Waals surface area contributed by atoms with Crippen LogP contribution < -0.4 is 0 Å². The minimum Gasteiger partial charge on any atom is -0.508 e. The molecule has 0 aromatic heterocycles. The molecular weight excluding hydrogens is 533 g/mol. The summed E-state index contributed by atoms with van der Waals surface area (Å²) in [5, 5.41) is 29.7. The first-order valence-corrected chi connectivity index (χ1v) is 14.8. The number of rotatable bonds is 12. The van der Waals surface area contributed by atoms with E-state index in [0.717, 1.165) is 35.1 Å². The second-order valence-electron chi connectivity index (χ2n) is 11.1. The number of phenolic OH excluding ortho intramolecular Hbond substituents is 1. The number of benzene rings is 1. The molecule has 1 aromatic rings. The number of carbonyl (C=O) groups is 3. The van der Waals surface area contributed by atoms with E-state index in [9.17, 15) is 24.5 Å². The number of halogens is 1. The van der Waals surface area contributed by atoms with E-state index < -0.39 is 24.9 Å². The highest BCUT2D eigenvalue weighted by Crippen LogP contribution is 2.51. The maximum absolute atomic E-state index is 13.6. The number of aliphatic carboxylic acids is 1. The van der Waals surface area contributed by atoms with E-state index in [4.69, 9.17) is 21.4 Å². The van der Waals surface area contributed by atoms with Crippen molar-refractivity contribution in [1.29, 1.82) is 0 Å². The summed E-state index contributed by atoms with van der Waals surface area (Å²) in [6.07, 6.45) is 7.23. The highest BCUT2D eigenvalue weighted by atomic mass is 35.5. The summed E-state index contributed by atoms with van der Waals surface area (Å²) >= 11 is 6.32. The van der Waals surface area contributed by atoms with Crippen LogP contribution in [0.25, 0.3) is 6.08 Å². The fraction of sp³-hybridized carbons (Fsp3) is 0.567. The molecule has 4 rings (SSSR count). The summed E-state index contributed by atoms with van der Waals surface area (Å²) in [6.45, 7) is 4.44. The van der Waals surface area contributed by atoms with Gasteiger partial charge in [-0.3, -0.25) is 19.3 Å². The summed E-state index contributed by atoms with van der Waals surface area (Å²) < 4.78 is 6.07. The molecule has 216 valence electrons. The normalized spacial score (nSPS) is 24.9. The Morgan fingerprint density at radius 1 is 1.15 bits per heavy atom. The number of carboxylic acid groups (broad SMARTS) is 1. The van der Waals surface area contributed by atoms with E-state index >= 15 is 0 Å². The fourth-order valence-electron chi connectivity index (χ4n) is 6.63. The molecule has 2 amide bonds. The van der Waals surface area contributed by atoms with Gasteiger partial charge in [0.2, 0.25) is 11.8 Å². The molecule has 2 fully saturated rings. The number of likely N-dealkylation sites (tertiary alicyclic amines) is 1. The van der Waals surface area contributed by atoms with Gasteiger partial charge in [0.05, 0.1) is 23.0 Å². The second kappa shape index (κ2) is 13.4. The minimum absolute atomic E-state index is 0.0819. The number of phenols is 1. The first-order valence-electron chi connectivity index (χ1n) is 14.4. The van der Waals surface area contributed by atoms with E-state index in [1.165, 1.54) is 11.0 Å². The summed E-state index contributed by atoms with van der Waals surface area (Å²) in [5.74, 6) is -2.19. The number of allylic oxidation sites excluding steroid dienone is 2. The topological polar surface area (TPSA) is 124 Å². The molecule has 0 radical (unpaired) electrons. The van der Waals surface area contributed by atoms with Crippen LogP contribution in [0.4, 0.5) is 0 Å². The zero-order valence-corrected chi connectivity index (χ0v) is 24.0. The molecular formula is C30H39BClNO7. The first kappa shape index (κ1) is 30.3. The van der Waals surface area contributed by atoms with Crippen LogP contribution in [0.2, 0.25) is 11.3 Å². The van der Waals surface area contributed by atoms with Crippen LogP contribution >= 0.6 is 11.6 Å². The van der Waals surface area contributed by atoms with Gasteiger partial charge in [-0.25, -0.2) is 0 Å². The van der Waals surface area contributed by atoms with Gasteiger partial charge in [0.15, 0.2) is 0 Å². The SMILES string of the molecule is CCC1=C2[C@@H](CC/C(=C/c3ccc(O)cc3Cl)CC)OB(O)C[C@@H]2[C@@H]2C(=O)N(CCCCCC(=O)O)C(=O)[C@@H]2C1. The van der Waals surface area contributed by atoms with E-state index in [2.05, 4.69) is 13.8 Å². The van der Waals surface area contributed by atoms with E-state index in [-0.39, 0.29) is 36.0 Å². The van der Waals surface area contributed by atoms with E-state index in [0.29, 0.717) is 56.4 Å². The molecule has 3 N–H and O–H groups in total. The number of fused-ring (bicyclic) bond motifs is 3. The zero-order valence-electron chi connectivity index (χ0n) is 23.3. The number of amides is 2. The molecule has 0 unspecified atom stereocenters. The van der Waals surface area contributed by atoms with Crippen LogP contribution in [0.3, 0.4) is 0 Å².